The molecule has 6 aliphatic rings. The average Bonchev–Trinajstić information content (AvgIpc) is 4.16. The summed E-state index contributed by atoms with van der Waals surface area (Å²) in [6.45, 7) is 10.4. The van der Waals surface area contributed by atoms with Crippen molar-refractivity contribution in [1.29, 1.82) is 0 Å². The second-order valence-corrected chi connectivity index (χ2v) is 21.7. The number of alkyl halides is 3. The summed E-state index contributed by atoms with van der Waals surface area (Å²) >= 11 is 0. The number of morpholine rings is 1. The van der Waals surface area contributed by atoms with Gasteiger partial charge in [-0.05, 0) is 89.3 Å². The lowest BCUT2D eigenvalue weighted by Gasteiger charge is -2.37. The Morgan fingerprint density at radius 1 is 1.06 bits per heavy atom. The Labute approximate surface area is 383 Å². The van der Waals surface area contributed by atoms with Crippen LogP contribution in [-0.4, -0.2) is 127 Å². The summed E-state index contributed by atoms with van der Waals surface area (Å²) < 4.78 is 96.3. The lowest BCUT2D eigenvalue weighted by molar-refractivity contribution is -0.144. The fourth-order valence-corrected chi connectivity index (χ4v) is 10.7. The number of pyridine rings is 1. The lowest BCUT2D eigenvalue weighted by atomic mass is 9.87. The molecule has 1 aromatic carbocycles. The van der Waals surface area contributed by atoms with E-state index in [9.17, 15) is 27.6 Å². The Balaban J connectivity index is 1.13. The van der Waals surface area contributed by atoms with E-state index >= 15 is 13.2 Å². The van der Waals surface area contributed by atoms with Gasteiger partial charge in [-0.15, -0.1) is 0 Å². The van der Waals surface area contributed by atoms with Crippen molar-refractivity contribution in [3.05, 3.63) is 41.6 Å². The summed E-state index contributed by atoms with van der Waals surface area (Å²) in [5.74, 6) is -3.06. The molecule has 0 unspecified atom stereocenters. The normalized spacial score (nSPS) is 29.0. The molecule has 2 aromatic rings. The van der Waals surface area contributed by atoms with Gasteiger partial charge in [-0.25, -0.2) is 18.2 Å². The van der Waals surface area contributed by atoms with Crippen molar-refractivity contribution in [3.63, 3.8) is 0 Å². The van der Waals surface area contributed by atoms with Crippen molar-refractivity contribution >= 4 is 44.7 Å². The number of nitrogens with one attached hydrogen (secondary N) is 3. The summed E-state index contributed by atoms with van der Waals surface area (Å²) in [5, 5.41) is 5.94. The highest BCUT2D eigenvalue weighted by atomic mass is 32.2. The van der Waals surface area contributed by atoms with Gasteiger partial charge in [-0.2, -0.15) is 13.2 Å². The number of hydrogen-bond donors (Lipinski definition) is 3. The van der Waals surface area contributed by atoms with Crippen molar-refractivity contribution in [2.75, 3.05) is 46.0 Å². The van der Waals surface area contributed by atoms with Crippen molar-refractivity contribution < 1.29 is 59.7 Å². The number of carbonyl (C=O) groups excluding carboxylic acids is 4. The summed E-state index contributed by atoms with van der Waals surface area (Å²) in [6.07, 6.45) is 0.724. The van der Waals surface area contributed by atoms with Gasteiger partial charge in [-0.1, -0.05) is 38.8 Å². The van der Waals surface area contributed by atoms with Crippen LogP contribution in [0.2, 0.25) is 0 Å². The molecular formula is C46H61F3N6O10S. The third-order valence-corrected chi connectivity index (χ3v) is 16.5. The van der Waals surface area contributed by atoms with Crippen LogP contribution in [0.4, 0.5) is 18.0 Å². The van der Waals surface area contributed by atoms with Crippen molar-refractivity contribution in [2.24, 2.45) is 11.8 Å². The predicted octanol–water partition coefficient (Wildman–Crippen LogP) is 5.16. The van der Waals surface area contributed by atoms with Crippen LogP contribution in [0.3, 0.4) is 0 Å². The minimum absolute atomic E-state index is 0.0316. The molecule has 1 aromatic heterocycles. The molecule has 2 saturated carbocycles. The Morgan fingerprint density at radius 3 is 2.53 bits per heavy atom. The number of alkyl carbamates (subject to hydrolysis) is 1. The summed E-state index contributed by atoms with van der Waals surface area (Å²) in [5.41, 5.74) is -4.12. The van der Waals surface area contributed by atoms with Gasteiger partial charge in [0.2, 0.25) is 21.8 Å². The fraction of sp³-hybridized carbons (Fsp3) is 0.674. The Morgan fingerprint density at radius 2 is 1.82 bits per heavy atom. The maximum Gasteiger partial charge on any atom is 0.437 e. The van der Waals surface area contributed by atoms with Gasteiger partial charge in [0.15, 0.2) is 11.4 Å². The fourth-order valence-electron chi connectivity index (χ4n) is 9.39. The van der Waals surface area contributed by atoms with Crippen molar-refractivity contribution in [2.45, 2.75) is 139 Å². The topological polar surface area (TPSA) is 195 Å². The highest BCUT2D eigenvalue weighted by Gasteiger charge is 2.64. The van der Waals surface area contributed by atoms with Gasteiger partial charge in [0.05, 0.1) is 30.0 Å². The minimum atomic E-state index is -4.95. The molecule has 362 valence electrons. The van der Waals surface area contributed by atoms with E-state index in [1.165, 1.54) is 17.9 Å². The molecular weight excluding hydrogens is 886 g/mol. The van der Waals surface area contributed by atoms with Crippen LogP contribution in [-0.2, 0) is 46.5 Å². The van der Waals surface area contributed by atoms with Crippen LogP contribution >= 0.6 is 0 Å². The van der Waals surface area contributed by atoms with Crippen molar-refractivity contribution in [3.8, 4) is 11.5 Å². The Bertz CT molecular complexity index is 2360. The SMILES string of the molecule is CC(C)[C@H](C)OC(=O)N[C@H]1CCCCC/C=C\[C@@H]2C[C@@]2(C(=O)NS(=O)(=O)C2(C)CC2)NC(=O)[C@@H]2C[C@]3(CCc4c(c(C(F)(F)F)nc5ccc(OCCN6CCOCC6)cc45)O3)CN2C1=O. The molecule has 1 spiro atoms. The van der Waals surface area contributed by atoms with Crippen LogP contribution in [0.5, 0.6) is 11.5 Å². The lowest BCUT2D eigenvalue weighted by Crippen LogP contribution is -2.58. The molecule has 4 fully saturated rings. The van der Waals surface area contributed by atoms with E-state index in [-0.39, 0.29) is 55.6 Å². The van der Waals surface area contributed by atoms with Gasteiger partial charge in [0.1, 0.15) is 41.7 Å². The standard InChI is InChI=1S/C46H61F3N6O10S/c1-28(2)29(3)64-42(59)51-35-11-9-7-5-6-8-10-30-25-45(30,41(58)53-66(60,61)43(4)16-17-43)52-39(56)36-26-44(27-55(36)40(35)57)15-14-32-33-24-31(63-23-20-54-18-21-62-22-19-54)12-13-34(33)50-38(37(32)65-44)46(47,48)49/h8,10,12-13,24,28-30,35-36H,5-7,9,11,14-23,25-27H2,1-4H3,(H,51,59)(H,52,56)(H,53,58)/b10-8-/t29-,30+,35-,36-,44+,45+/m0/s1. The third-order valence-electron chi connectivity index (χ3n) is 14.3. The van der Waals surface area contributed by atoms with Crippen molar-refractivity contribution in [1.82, 2.24) is 30.1 Å². The van der Waals surface area contributed by atoms with Crippen LogP contribution in [0.15, 0.2) is 30.4 Å². The first kappa shape index (κ1) is 47.8. The van der Waals surface area contributed by atoms with Gasteiger partial charge in [0, 0.05) is 42.9 Å². The number of sulfonamides is 1. The predicted molar refractivity (Wildman–Crippen MR) is 235 cm³/mol. The number of hydrogen-bond acceptors (Lipinski definition) is 12. The smallest absolute Gasteiger partial charge is 0.437 e. The molecule has 4 amide bonds. The molecule has 5 heterocycles. The number of rotatable bonds is 10. The van der Waals surface area contributed by atoms with E-state index in [1.54, 1.807) is 25.1 Å². The second kappa shape index (κ2) is 18.4. The van der Waals surface area contributed by atoms with Crippen LogP contribution in [0.25, 0.3) is 10.9 Å². The van der Waals surface area contributed by atoms with E-state index in [1.807, 2.05) is 19.9 Å². The highest BCUT2D eigenvalue weighted by Crippen LogP contribution is 2.50. The Kier molecular flexibility index (Phi) is 13.3. The first-order chi connectivity index (χ1) is 31.2. The zero-order valence-electron chi connectivity index (χ0n) is 38.0. The quantitative estimate of drug-likeness (QED) is 0.265. The number of aryl methyl sites for hydroxylation is 1. The van der Waals surface area contributed by atoms with Gasteiger partial charge in [-0.3, -0.25) is 24.0 Å². The van der Waals surface area contributed by atoms with Crippen LogP contribution in [0.1, 0.15) is 103 Å². The molecule has 8 rings (SSSR count). The third kappa shape index (κ3) is 9.96. The number of carbonyl (C=O) groups is 4. The number of aromatic nitrogens is 1. The maximum absolute atomic E-state index is 15.0. The largest absolute Gasteiger partial charge is 0.492 e. The van der Waals surface area contributed by atoms with Gasteiger partial charge < -0.3 is 34.5 Å². The van der Waals surface area contributed by atoms with Gasteiger partial charge >= 0.3 is 12.3 Å². The monoisotopic (exact) mass is 946 g/mol. The van der Waals surface area contributed by atoms with E-state index in [2.05, 4.69) is 25.2 Å². The van der Waals surface area contributed by atoms with E-state index in [4.69, 9.17) is 18.9 Å². The zero-order valence-corrected chi connectivity index (χ0v) is 38.8. The molecule has 4 aliphatic heterocycles. The first-order valence-corrected chi connectivity index (χ1v) is 24.7. The van der Waals surface area contributed by atoms with E-state index < -0.39 is 91.5 Å². The molecule has 2 aliphatic carbocycles. The molecule has 20 heteroatoms. The van der Waals surface area contributed by atoms with Crippen LogP contribution in [0, 0.1) is 11.8 Å². The molecule has 6 atom stereocenters. The molecule has 2 saturated heterocycles. The number of benzene rings is 1. The molecule has 16 nitrogen and oxygen atoms in total. The maximum atomic E-state index is 15.0. The molecule has 66 heavy (non-hydrogen) atoms. The zero-order chi connectivity index (χ0) is 47.2. The molecule has 0 bridgehead atoms. The van der Waals surface area contributed by atoms with Crippen LogP contribution < -0.4 is 24.8 Å². The summed E-state index contributed by atoms with van der Waals surface area (Å²) in [6, 6.07) is 2.13. The molecule has 0 radical (unpaired) electrons. The van der Waals surface area contributed by atoms with E-state index in [0.29, 0.717) is 76.0 Å². The number of allylic oxidation sites excluding steroid dienone is 1. The first-order valence-electron chi connectivity index (χ1n) is 23.2. The Hall–Kier alpha value is -4.69. The number of amides is 4. The number of fused-ring (bicyclic) bond motifs is 5. The summed E-state index contributed by atoms with van der Waals surface area (Å²) in [7, 11) is -4.11. The van der Waals surface area contributed by atoms with Gasteiger partial charge in [0.25, 0.3) is 5.91 Å². The van der Waals surface area contributed by atoms with E-state index in [0.717, 1.165) is 13.1 Å². The number of nitrogens with zero attached hydrogens (tertiary/aromatic N) is 3. The average molecular weight is 947 g/mol. The number of halogens is 3. The highest BCUT2D eigenvalue weighted by molar-refractivity contribution is 7.91. The number of ether oxygens (including phenoxy) is 4. The molecule has 3 N–H and O–H groups in total. The second-order valence-electron chi connectivity index (χ2n) is 19.5. The minimum Gasteiger partial charge on any atom is -0.492 e. The summed E-state index contributed by atoms with van der Waals surface area (Å²) in [4.78, 5) is 64.5.